The summed E-state index contributed by atoms with van der Waals surface area (Å²) >= 11 is 1.79. The number of rotatable bonds is 3. The first-order valence-electron chi connectivity index (χ1n) is 6.13. The van der Waals surface area contributed by atoms with Gasteiger partial charge < -0.3 is 15.0 Å². The van der Waals surface area contributed by atoms with E-state index in [1.165, 1.54) is 0 Å². The Balaban J connectivity index is 2.06. The summed E-state index contributed by atoms with van der Waals surface area (Å²) in [6.07, 6.45) is 0. The normalized spacial score (nSPS) is 18.8. The minimum atomic E-state index is -0.0559. The van der Waals surface area contributed by atoms with E-state index in [1.54, 1.807) is 11.8 Å². The van der Waals surface area contributed by atoms with E-state index in [-0.39, 0.29) is 11.4 Å². The van der Waals surface area contributed by atoms with Gasteiger partial charge in [-0.25, -0.2) is 4.79 Å². The van der Waals surface area contributed by atoms with Crippen molar-refractivity contribution < 1.29 is 9.53 Å². The molecule has 1 N–H and O–H groups in total. The number of benzene rings is 1. The topological polar surface area (TPSA) is 41.6 Å². The molecule has 4 nitrogen and oxygen atoms in total. The van der Waals surface area contributed by atoms with Crippen LogP contribution in [0.5, 0.6) is 5.75 Å². The molecule has 1 aliphatic heterocycles. The van der Waals surface area contributed by atoms with Crippen molar-refractivity contribution in [1.82, 2.24) is 4.90 Å². The number of carbonyl (C=O) groups is 1. The molecular formula is C13H18N2O2S. The Morgan fingerprint density at radius 2 is 2.33 bits per heavy atom. The molecule has 2 amide bonds. The molecule has 0 aromatic heterocycles. The van der Waals surface area contributed by atoms with Crippen LogP contribution in [0.25, 0.3) is 0 Å². The average molecular weight is 266 g/mol. The molecule has 1 aromatic rings. The van der Waals surface area contributed by atoms with Gasteiger partial charge in [0, 0.05) is 12.3 Å². The lowest BCUT2D eigenvalue weighted by Crippen LogP contribution is -2.36. The zero-order chi connectivity index (χ0) is 13.0. The summed E-state index contributed by atoms with van der Waals surface area (Å²) in [5, 5.41) is 3.16. The fourth-order valence-electron chi connectivity index (χ4n) is 1.90. The highest BCUT2D eigenvalue weighted by molar-refractivity contribution is 8.00. The van der Waals surface area contributed by atoms with Crippen molar-refractivity contribution >= 4 is 23.5 Å². The van der Waals surface area contributed by atoms with E-state index < -0.39 is 0 Å². The minimum Gasteiger partial charge on any atom is -0.492 e. The van der Waals surface area contributed by atoms with Crippen molar-refractivity contribution in [3.8, 4) is 5.75 Å². The maximum absolute atomic E-state index is 12.1. The molecule has 1 saturated heterocycles. The van der Waals surface area contributed by atoms with Crippen LogP contribution in [0.15, 0.2) is 24.3 Å². The van der Waals surface area contributed by atoms with Gasteiger partial charge in [-0.2, -0.15) is 0 Å². The number of nitrogens with one attached hydrogen (secondary N) is 1. The molecule has 1 fully saturated rings. The van der Waals surface area contributed by atoms with Gasteiger partial charge in [-0.15, -0.1) is 11.8 Å². The number of urea groups is 1. The van der Waals surface area contributed by atoms with E-state index in [4.69, 9.17) is 4.74 Å². The lowest BCUT2D eigenvalue weighted by atomic mass is 10.3. The Bertz CT molecular complexity index is 425. The zero-order valence-corrected chi connectivity index (χ0v) is 11.5. The number of amides is 2. The van der Waals surface area contributed by atoms with Gasteiger partial charge in [0.25, 0.3) is 0 Å². The molecule has 1 aromatic carbocycles. The molecule has 2 rings (SSSR count). The number of nitrogens with zero attached hydrogens (tertiary/aromatic N) is 1. The fraction of sp³-hybridized carbons (Fsp3) is 0.462. The number of thioether (sulfide) groups is 1. The Kier molecular flexibility index (Phi) is 4.36. The van der Waals surface area contributed by atoms with Gasteiger partial charge in [0.05, 0.1) is 17.7 Å². The highest BCUT2D eigenvalue weighted by Gasteiger charge is 2.26. The maximum atomic E-state index is 12.1. The summed E-state index contributed by atoms with van der Waals surface area (Å²) in [5.74, 6) is 1.72. The zero-order valence-electron chi connectivity index (χ0n) is 10.7. The summed E-state index contributed by atoms with van der Waals surface area (Å²) in [7, 11) is 0. The smallest absolute Gasteiger partial charge is 0.322 e. The molecule has 0 bridgehead atoms. The van der Waals surface area contributed by atoms with Gasteiger partial charge in [0.2, 0.25) is 0 Å². The number of hydrogen-bond donors (Lipinski definition) is 1. The third kappa shape index (κ3) is 2.90. The molecule has 98 valence electrons. The molecule has 1 heterocycles. The van der Waals surface area contributed by atoms with Crippen LogP contribution < -0.4 is 10.1 Å². The summed E-state index contributed by atoms with van der Waals surface area (Å²) < 4.78 is 5.49. The summed E-state index contributed by atoms with van der Waals surface area (Å²) in [4.78, 5) is 14.0. The first kappa shape index (κ1) is 13.1. The largest absolute Gasteiger partial charge is 0.492 e. The Labute approximate surface area is 112 Å². The maximum Gasteiger partial charge on any atom is 0.322 e. The van der Waals surface area contributed by atoms with Crippen molar-refractivity contribution in [1.29, 1.82) is 0 Å². The molecule has 1 atom stereocenters. The second-order valence-corrected chi connectivity index (χ2v) is 5.45. The number of para-hydroxylation sites is 2. The van der Waals surface area contributed by atoms with Crippen molar-refractivity contribution in [2.75, 3.05) is 24.2 Å². The van der Waals surface area contributed by atoms with Crippen LogP contribution in [0.4, 0.5) is 10.5 Å². The van der Waals surface area contributed by atoms with Crippen LogP contribution in [-0.2, 0) is 0 Å². The van der Waals surface area contributed by atoms with Crippen LogP contribution in [-0.4, -0.2) is 35.2 Å². The van der Waals surface area contributed by atoms with Crippen LogP contribution in [0.2, 0.25) is 0 Å². The Morgan fingerprint density at radius 3 is 3.00 bits per heavy atom. The second kappa shape index (κ2) is 6.00. The van der Waals surface area contributed by atoms with Gasteiger partial charge in [-0.05, 0) is 26.0 Å². The van der Waals surface area contributed by atoms with E-state index in [9.17, 15) is 4.79 Å². The number of ether oxygens (including phenoxy) is 1. The number of anilines is 1. The summed E-state index contributed by atoms with van der Waals surface area (Å²) in [6.45, 7) is 5.36. The molecule has 0 radical (unpaired) electrons. The molecule has 0 saturated carbocycles. The quantitative estimate of drug-likeness (QED) is 0.914. The Hall–Kier alpha value is -1.36. The first-order chi connectivity index (χ1) is 8.72. The van der Waals surface area contributed by atoms with Crippen LogP contribution in [0.1, 0.15) is 13.8 Å². The van der Waals surface area contributed by atoms with Crippen molar-refractivity contribution in [2.24, 2.45) is 0 Å². The molecule has 1 unspecified atom stereocenters. The van der Waals surface area contributed by atoms with E-state index in [2.05, 4.69) is 5.32 Å². The lowest BCUT2D eigenvalue weighted by Gasteiger charge is -2.21. The minimum absolute atomic E-state index is 0.0559. The van der Waals surface area contributed by atoms with Gasteiger partial charge >= 0.3 is 6.03 Å². The fourth-order valence-corrected chi connectivity index (χ4v) is 2.92. The first-order valence-corrected chi connectivity index (χ1v) is 7.18. The van der Waals surface area contributed by atoms with Crippen LogP contribution in [0, 0.1) is 0 Å². The third-order valence-corrected chi connectivity index (χ3v) is 3.97. The number of carbonyl (C=O) groups excluding carboxylic acids is 1. The van der Waals surface area contributed by atoms with Gasteiger partial charge in [-0.1, -0.05) is 12.1 Å². The van der Waals surface area contributed by atoms with E-state index in [1.807, 2.05) is 43.0 Å². The standard InChI is InChI=1S/C13H18N2O2S/c1-3-17-12-7-5-4-6-11(12)14-13(16)15-8-9-18-10(15)2/h4-7,10H,3,8-9H2,1-2H3,(H,14,16). The number of hydrogen-bond acceptors (Lipinski definition) is 3. The molecule has 0 spiro atoms. The van der Waals surface area contributed by atoms with Crippen molar-refractivity contribution in [2.45, 2.75) is 19.2 Å². The van der Waals surface area contributed by atoms with E-state index in [0.717, 1.165) is 18.0 Å². The highest BCUT2D eigenvalue weighted by Crippen LogP contribution is 2.27. The van der Waals surface area contributed by atoms with Gasteiger partial charge in [0.1, 0.15) is 5.75 Å². The average Bonchev–Trinajstić information content (AvgIpc) is 2.78. The molecule has 5 heteroatoms. The van der Waals surface area contributed by atoms with E-state index >= 15 is 0 Å². The van der Waals surface area contributed by atoms with Gasteiger partial charge in [0.15, 0.2) is 0 Å². The summed E-state index contributed by atoms with van der Waals surface area (Å²) in [5.41, 5.74) is 0.730. The Morgan fingerprint density at radius 1 is 1.56 bits per heavy atom. The van der Waals surface area contributed by atoms with Gasteiger partial charge in [-0.3, -0.25) is 0 Å². The highest BCUT2D eigenvalue weighted by atomic mass is 32.2. The van der Waals surface area contributed by atoms with Crippen LogP contribution >= 0.6 is 11.8 Å². The monoisotopic (exact) mass is 266 g/mol. The summed E-state index contributed by atoms with van der Waals surface area (Å²) in [6, 6.07) is 7.45. The predicted octanol–water partition coefficient (Wildman–Crippen LogP) is 3.01. The SMILES string of the molecule is CCOc1ccccc1NC(=O)N1CCSC1C. The molecular weight excluding hydrogens is 248 g/mol. The predicted molar refractivity (Wildman–Crippen MR) is 75.3 cm³/mol. The lowest BCUT2D eigenvalue weighted by molar-refractivity contribution is 0.216. The second-order valence-electron chi connectivity index (χ2n) is 4.02. The molecule has 1 aliphatic rings. The van der Waals surface area contributed by atoms with Crippen molar-refractivity contribution in [3.63, 3.8) is 0 Å². The van der Waals surface area contributed by atoms with E-state index in [0.29, 0.717) is 12.4 Å². The third-order valence-electron chi connectivity index (χ3n) is 2.82. The van der Waals surface area contributed by atoms with Crippen molar-refractivity contribution in [3.05, 3.63) is 24.3 Å². The van der Waals surface area contributed by atoms with Crippen LogP contribution in [0.3, 0.4) is 0 Å². The molecule has 0 aliphatic carbocycles. The molecule has 18 heavy (non-hydrogen) atoms.